The summed E-state index contributed by atoms with van der Waals surface area (Å²) in [6, 6.07) is 12.0. The maximum Gasteiger partial charge on any atom is 0.165 e. The first-order valence-electron chi connectivity index (χ1n) is 10.3. The Morgan fingerprint density at radius 1 is 1.17 bits per heavy atom. The van der Waals surface area contributed by atoms with E-state index in [-0.39, 0.29) is 11.2 Å². The molecular weight excluding hydrogens is 360 g/mol. The molecule has 0 aliphatic heterocycles. The number of nitrogens with one attached hydrogen (secondary N) is 1. The molecule has 1 aliphatic rings. The Bertz CT molecular complexity index is 1030. The number of ketones is 1. The number of Topliss-reactive ketones (excluding diaryl/α,β-unsaturated/α-hetero) is 1. The number of hydrogen-bond donors (Lipinski definition) is 2. The van der Waals surface area contributed by atoms with E-state index in [0.29, 0.717) is 19.3 Å². The van der Waals surface area contributed by atoms with Gasteiger partial charge in [-0.2, -0.15) is 0 Å². The van der Waals surface area contributed by atoms with Crippen molar-refractivity contribution in [2.45, 2.75) is 52.6 Å². The molecule has 1 aromatic carbocycles. The number of pyridine rings is 1. The van der Waals surface area contributed by atoms with Crippen molar-refractivity contribution in [1.29, 1.82) is 0 Å². The number of aliphatic hydroxyl groups excluding tert-OH is 1. The number of rotatable bonds is 5. The van der Waals surface area contributed by atoms with Crippen molar-refractivity contribution in [3.05, 3.63) is 76.7 Å². The summed E-state index contributed by atoms with van der Waals surface area (Å²) in [4.78, 5) is 20.8. The van der Waals surface area contributed by atoms with E-state index in [2.05, 4.69) is 35.9 Å². The molecule has 0 spiro atoms. The number of hydrogen-bond acceptors (Lipinski definition) is 3. The summed E-state index contributed by atoms with van der Waals surface area (Å²) in [5.41, 5.74) is 6.99. The molecule has 2 heterocycles. The molecule has 1 atom stereocenters. The van der Waals surface area contributed by atoms with E-state index in [0.717, 1.165) is 45.6 Å². The minimum Gasteiger partial charge on any atom is -0.388 e. The van der Waals surface area contributed by atoms with Crippen molar-refractivity contribution < 1.29 is 9.90 Å². The first-order valence-corrected chi connectivity index (χ1v) is 10.3. The Kier molecular flexibility index (Phi) is 5.13. The van der Waals surface area contributed by atoms with Crippen molar-refractivity contribution in [1.82, 2.24) is 9.97 Å². The first-order chi connectivity index (χ1) is 13.9. The van der Waals surface area contributed by atoms with Crippen molar-refractivity contribution in [2.75, 3.05) is 0 Å². The Morgan fingerprint density at radius 2 is 1.93 bits per heavy atom. The molecule has 4 rings (SSSR count). The summed E-state index contributed by atoms with van der Waals surface area (Å²) in [7, 11) is 0. The molecule has 0 fully saturated rings. The molecule has 0 bridgehead atoms. The van der Waals surface area contributed by atoms with Crippen LogP contribution in [0.4, 0.5) is 0 Å². The number of aromatic amines is 1. The van der Waals surface area contributed by atoms with Gasteiger partial charge >= 0.3 is 0 Å². The summed E-state index contributed by atoms with van der Waals surface area (Å²) in [5.74, 6) is 0.215. The van der Waals surface area contributed by atoms with Crippen LogP contribution >= 0.6 is 0 Å². The van der Waals surface area contributed by atoms with Crippen LogP contribution < -0.4 is 0 Å². The fraction of sp³-hybridized carbons (Fsp3) is 0.360. The van der Waals surface area contributed by atoms with Gasteiger partial charge in [-0.15, -0.1) is 0 Å². The van der Waals surface area contributed by atoms with Crippen LogP contribution in [-0.4, -0.2) is 20.9 Å². The summed E-state index contributed by atoms with van der Waals surface area (Å²) in [6.45, 7) is 6.27. The van der Waals surface area contributed by atoms with Crippen LogP contribution in [0.5, 0.6) is 0 Å². The van der Waals surface area contributed by atoms with Crippen LogP contribution in [0.2, 0.25) is 0 Å². The predicted molar refractivity (Wildman–Crippen MR) is 115 cm³/mol. The maximum atomic E-state index is 13.1. The highest BCUT2D eigenvalue weighted by atomic mass is 16.3. The number of fused-ring (bicyclic) bond motifs is 1. The Balaban J connectivity index is 1.82. The SMILES string of the molecule is CCC(O)c1cccc(Cc2c(-c3ccncc3)[nH]c3c2C(=O)CC(C)(C)C3)c1. The van der Waals surface area contributed by atoms with Crippen molar-refractivity contribution in [2.24, 2.45) is 5.41 Å². The normalized spacial score (nSPS) is 16.5. The van der Waals surface area contributed by atoms with E-state index in [1.54, 1.807) is 12.4 Å². The smallest absolute Gasteiger partial charge is 0.165 e. The molecule has 150 valence electrons. The van der Waals surface area contributed by atoms with Gasteiger partial charge in [-0.3, -0.25) is 9.78 Å². The van der Waals surface area contributed by atoms with E-state index < -0.39 is 6.10 Å². The number of H-pyrrole nitrogens is 1. The summed E-state index contributed by atoms with van der Waals surface area (Å²) in [5, 5.41) is 10.2. The van der Waals surface area contributed by atoms with Gasteiger partial charge in [0.15, 0.2) is 5.78 Å². The standard InChI is InChI=1S/C25H28N2O2/c1-4-21(28)18-7-5-6-16(12-18)13-19-23-20(14-25(2,3)15-22(23)29)27-24(19)17-8-10-26-11-9-17/h5-12,21,27-28H,4,13-15H2,1-3H3. The third-order valence-corrected chi connectivity index (χ3v) is 5.83. The molecule has 4 heteroatoms. The molecule has 4 nitrogen and oxygen atoms in total. The fourth-order valence-electron chi connectivity index (χ4n) is 4.42. The van der Waals surface area contributed by atoms with E-state index in [4.69, 9.17) is 0 Å². The molecule has 29 heavy (non-hydrogen) atoms. The second-order valence-corrected chi connectivity index (χ2v) is 8.85. The van der Waals surface area contributed by atoms with Crippen molar-refractivity contribution in [3.8, 4) is 11.3 Å². The van der Waals surface area contributed by atoms with Gasteiger partial charge < -0.3 is 10.1 Å². The van der Waals surface area contributed by atoms with Gasteiger partial charge in [0, 0.05) is 42.1 Å². The zero-order chi connectivity index (χ0) is 20.6. The average molecular weight is 389 g/mol. The highest BCUT2D eigenvalue weighted by Crippen LogP contribution is 2.40. The van der Waals surface area contributed by atoms with Crippen molar-refractivity contribution in [3.63, 3.8) is 0 Å². The summed E-state index contributed by atoms with van der Waals surface area (Å²) < 4.78 is 0. The second-order valence-electron chi connectivity index (χ2n) is 8.85. The lowest BCUT2D eigenvalue weighted by molar-refractivity contribution is 0.0911. The Hall–Kier alpha value is -2.72. The van der Waals surface area contributed by atoms with Crippen LogP contribution in [0.25, 0.3) is 11.3 Å². The van der Waals surface area contributed by atoms with Crippen LogP contribution in [0.3, 0.4) is 0 Å². The van der Waals surface area contributed by atoms with Gasteiger partial charge in [0.1, 0.15) is 0 Å². The molecule has 3 aromatic rings. The topological polar surface area (TPSA) is 66.0 Å². The van der Waals surface area contributed by atoms with E-state index in [1.807, 2.05) is 31.2 Å². The second kappa shape index (κ2) is 7.60. The lowest BCUT2D eigenvalue weighted by atomic mass is 9.75. The highest BCUT2D eigenvalue weighted by molar-refractivity contribution is 6.02. The molecular formula is C25H28N2O2. The number of nitrogens with zero attached hydrogens (tertiary/aromatic N) is 1. The zero-order valence-electron chi connectivity index (χ0n) is 17.3. The number of benzene rings is 1. The van der Waals surface area contributed by atoms with E-state index in [9.17, 15) is 9.90 Å². The van der Waals surface area contributed by atoms with Crippen LogP contribution in [0, 0.1) is 5.41 Å². The lowest BCUT2D eigenvalue weighted by Crippen LogP contribution is -2.27. The number of aromatic nitrogens is 2. The van der Waals surface area contributed by atoms with Gasteiger partial charge in [-0.05, 0) is 47.1 Å². The van der Waals surface area contributed by atoms with Gasteiger partial charge in [-0.1, -0.05) is 45.0 Å². The predicted octanol–water partition coefficient (Wildman–Crippen LogP) is 5.27. The van der Waals surface area contributed by atoms with Crippen LogP contribution in [0.15, 0.2) is 48.8 Å². The fourth-order valence-corrected chi connectivity index (χ4v) is 4.42. The number of carbonyl (C=O) groups excluding carboxylic acids is 1. The largest absolute Gasteiger partial charge is 0.388 e. The molecule has 2 N–H and O–H groups in total. The lowest BCUT2D eigenvalue weighted by Gasteiger charge is -2.28. The first kappa shape index (κ1) is 19.6. The minimum absolute atomic E-state index is 0.0348. The van der Waals surface area contributed by atoms with Crippen molar-refractivity contribution >= 4 is 5.78 Å². The monoisotopic (exact) mass is 388 g/mol. The third-order valence-electron chi connectivity index (χ3n) is 5.83. The number of carbonyl (C=O) groups is 1. The van der Waals surface area contributed by atoms with Gasteiger partial charge in [-0.25, -0.2) is 0 Å². The number of aliphatic hydroxyl groups is 1. The van der Waals surface area contributed by atoms with Gasteiger partial charge in [0.05, 0.1) is 11.8 Å². The highest BCUT2D eigenvalue weighted by Gasteiger charge is 2.35. The molecule has 0 saturated heterocycles. The summed E-state index contributed by atoms with van der Waals surface area (Å²) in [6.07, 6.45) is 5.86. The average Bonchev–Trinajstić information content (AvgIpc) is 3.05. The Morgan fingerprint density at radius 3 is 2.66 bits per heavy atom. The molecule has 0 amide bonds. The molecule has 2 aromatic heterocycles. The molecule has 1 aliphatic carbocycles. The molecule has 0 saturated carbocycles. The van der Waals surface area contributed by atoms with Crippen LogP contribution in [0.1, 0.15) is 72.5 Å². The minimum atomic E-state index is -0.461. The van der Waals surface area contributed by atoms with Gasteiger partial charge in [0.25, 0.3) is 0 Å². The van der Waals surface area contributed by atoms with E-state index >= 15 is 0 Å². The zero-order valence-corrected chi connectivity index (χ0v) is 17.3. The van der Waals surface area contributed by atoms with Gasteiger partial charge in [0.2, 0.25) is 0 Å². The Labute approximate surface area is 172 Å². The molecule has 0 radical (unpaired) electrons. The summed E-state index contributed by atoms with van der Waals surface area (Å²) >= 11 is 0. The quantitative estimate of drug-likeness (QED) is 0.626. The maximum absolute atomic E-state index is 13.1. The van der Waals surface area contributed by atoms with E-state index in [1.165, 1.54) is 0 Å². The third kappa shape index (κ3) is 3.90. The van der Waals surface area contributed by atoms with Crippen LogP contribution in [-0.2, 0) is 12.8 Å². The molecule has 1 unspecified atom stereocenters.